The van der Waals surface area contributed by atoms with E-state index < -0.39 is 4.92 Å². The Balaban J connectivity index is 2.33. The Labute approximate surface area is 81.6 Å². The topological polar surface area (TPSA) is 70.2 Å². The third kappa shape index (κ3) is 3.14. The lowest BCUT2D eigenvalue weighted by Gasteiger charge is -2.01. The van der Waals surface area contributed by atoms with E-state index in [1.54, 1.807) is 0 Å². The molecule has 0 atom stereocenters. The van der Waals surface area contributed by atoms with Crippen LogP contribution in [0.1, 0.15) is 13.3 Å². The van der Waals surface area contributed by atoms with Crippen LogP contribution in [0.5, 0.6) is 0 Å². The number of aromatic nitrogens is 2. The molecule has 78 valence electrons. The molecule has 0 amide bonds. The Morgan fingerprint density at radius 1 is 1.64 bits per heavy atom. The molecular formula is C8H13N3O3. The van der Waals surface area contributed by atoms with Gasteiger partial charge < -0.3 is 4.74 Å². The first-order valence-corrected chi connectivity index (χ1v) is 4.48. The van der Waals surface area contributed by atoms with Crippen molar-refractivity contribution in [2.45, 2.75) is 19.9 Å². The molecule has 0 saturated heterocycles. The summed E-state index contributed by atoms with van der Waals surface area (Å²) in [6, 6.07) is 0. The van der Waals surface area contributed by atoms with Gasteiger partial charge in [-0.2, -0.15) is 5.10 Å². The predicted octanol–water partition coefficient (Wildman–Crippen LogP) is 1.22. The first-order valence-electron chi connectivity index (χ1n) is 4.48. The summed E-state index contributed by atoms with van der Waals surface area (Å²) in [6.45, 7) is 3.82. The number of hydrogen-bond donors (Lipinski definition) is 0. The van der Waals surface area contributed by atoms with E-state index in [0.29, 0.717) is 19.8 Å². The van der Waals surface area contributed by atoms with Gasteiger partial charge in [-0.1, -0.05) is 6.92 Å². The van der Waals surface area contributed by atoms with E-state index in [9.17, 15) is 10.1 Å². The van der Waals surface area contributed by atoms with Crippen LogP contribution in [0.3, 0.4) is 0 Å². The van der Waals surface area contributed by atoms with Crippen LogP contribution in [0.15, 0.2) is 12.4 Å². The minimum atomic E-state index is -0.462. The van der Waals surface area contributed by atoms with Gasteiger partial charge >= 0.3 is 5.69 Å². The molecule has 0 saturated carbocycles. The van der Waals surface area contributed by atoms with Gasteiger partial charge in [0.15, 0.2) is 0 Å². The van der Waals surface area contributed by atoms with Crippen molar-refractivity contribution < 1.29 is 9.66 Å². The number of hydrogen-bond acceptors (Lipinski definition) is 4. The molecule has 0 aliphatic carbocycles. The van der Waals surface area contributed by atoms with E-state index in [2.05, 4.69) is 5.10 Å². The van der Waals surface area contributed by atoms with E-state index in [0.717, 1.165) is 6.42 Å². The van der Waals surface area contributed by atoms with Crippen molar-refractivity contribution in [3.63, 3.8) is 0 Å². The lowest BCUT2D eigenvalue weighted by molar-refractivity contribution is -0.385. The Morgan fingerprint density at radius 2 is 2.43 bits per heavy atom. The standard InChI is InChI=1S/C8H13N3O3/c1-2-4-14-5-3-10-7-8(6-9-10)11(12)13/h6-7H,2-5H2,1H3. The monoisotopic (exact) mass is 199 g/mol. The first-order chi connectivity index (χ1) is 6.74. The molecule has 0 aromatic carbocycles. The minimum absolute atomic E-state index is 0.0143. The highest BCUT2D eigenvalue weighted by Crippen LogP contribution is 2.07. The highest BCUT2D eigenvalue weighted by Gasteiger charge is 2.07. The lowest BCUT2D eigenvalue weighted by Crippen LogP contribution is -2.06. The fraction of sp³-hybridized carbons (Fsp3) is 0.625. The van der Waals surface area contributed by atoms with E-state index in [4.69, 9.17) is 4.74 Å². The van der Waals surface area contributed by atoms with Crippen LogP contribution in [-0.2, 0) is 11.3 Å². The summed E-state index contributed by atoms with van der Waals surface area (Å²) in [6.07, 6.45) is 3.61. The minimum Gasteiger partial charge on any atom is -0.380 e. The van der Waals surface area contributed by atoms with Crippen molar-refractivity contribution in [2.75, 3.05) is 13.2 Å². The van der Waals surface area contributed by atoms with Gasteiger partial charge in [-0.05, 0) is 6.42 Å². The summed E-state index contributed by atoms with van der Waals surface area (Å²) < 4.78 is 6.73. The van der Waals surface area contributed by atoms with Crippen LogP contribution < -0.4 is 0 Å². The Hall–Kier alpha value is -1.43. The van der Waals surface area contributed by atoms with E-state index in [1.807, 2.05) is 6.92 Å². The molecule has 0 spiro atoms. The molecule has 1 heterocycles. The zero-order valence-corrected chi connectivity index (χ0v) is 8.05. The summed E-state index contributed by atoms with van der Waals surface area (Å²) in [4.78, 5) is 9.85. The van der Waals surface area contributed by atoms with Crippen molar-refractivity contribution in [2.24, 2.45) is 0 Å². The van der Waals surface area contributed by atoms with Gasteiger partial charge in [-0.25, -0.2) is 0 Å². The van der Waals surface area contributed by atoms with E-state index in [1.165, 1.54) is 17.1 Å². The Morgan fingerprint density at radius 3 is 3.00 bits per heavy atom. The fourth-order valence-corrected chi connectivity index (χ4v) is 0.974. The number of ether oxygens (including phenoxy) is 1. The fourth-order valence-electron chi connectivity index (χ4n) is 0.974. The maximum absolute atomic E-state index is 10.3. The SMILES string of the molecule is CCCOCCn1cc([N+](=O)[O-])cn1. The summed E-state index contributed by atoms with van der Waals surface area (Å²) in [5, 5.41) is 14.1. The van der Waals surface area contributed by atoms with Gasteiger partial charge in [0.1, 0.15) is 12.4 Å². The molecule has 1 aromatic heterocycles. The number of nitro groups is 1. The van der Waals surface area contributed by atoms with E-state index >= 15 is 0 Å². The summed E-state index contributed by atoms with van der Waals surface area (Å²) >= 11 is 0. The van der Waals surface area contributed by atoms with Crippen molar-refractivity contribution in [3.8, 4) is 0 Å². The second-order valence-electron chi connectivity index (χ2n) is 2.83. The molecular weight excluding hydrogens is 186 g/mol. The van der Waals surface area contributed by atoms with Crippen molar-refractivity contribution in [3.05, 3.63) is 22.5 Å². The van der Waals surface area contributed by atoms with Crippen molar-refractivity contribution >= 4 is 5.69 Å². The van der Waals surface area contributed by atoms with Gasteiger partial charge in [0, 0.05) is 6.61 Å². The second-order valence-corrected chi connectivity index (χ2v) is 2.83. The van der Waals surface area contributed by atoms with Gasteiger partial charge in [0.05, 0.1) is 18.1 Å². The molecule has 0 N–H and O–H groups in total. The molecule has 6 nitrogen and oxygen atoms in total. The van der Waals surface area contributed by atoms with Crippen molar-refractivity contribution in [1.29, 1.82) is 0 Å². The average molecular weight is 199 g/mol. The quantitative estimate of drug-likeness (QED) is 0.392. The second kappa shape index (κ2) is 5.33. The molecule has 1 rings (SSSR count). The van der Waals surface area contributed by atoms with Crippen LogP contribution >= 0.6 is 0 Å². The highest BCUT2D eigenvalue weighted by molar-refractivity contribution is 5.20. The van der Waals surface area contributed by atoms with Gasteiger partial charge in [-0.15, -0.1) is 0 Å². The normalized spacial score (nSPS) is 10.4. The Kier molecular flexibility index (Phi) is 4.06. The average Bonchev–Trinajstić information content (AvgIpc) is 2.61. The molecule has 0 radical (unpaired) electrons. The zero-order valence-electron chi connectivity index (χ0n) is 8.05. The molecule has 0 aliphatic heterocycles. The van der Waals surface area contributed by atoms with Crippen LogP contribution in [0, 0.1) is 10.1 Å². The maximum atomic E-state index is 10.3. The van der Waals surface area contributed by atoms with Gasteiger partial charge in [0.2, 0.25) is 0 Å². The molecule has 14 heavy (non-hydrogen) atoms. The van der Waals surface area contributed by atoms with Gasteiger partial charge in [-0.3, -0.25) is 14.8 Å². The third-order valence-electron chi connectivity index (χ3n) is 1.64. The zero-order chi connectivity index (χ0) is 10.4. The smallest absolute Gasteiger partial charge is 0.306 e. The predicted molar refractivity (Wildman–Crippen MR) is 50.0 cm³/mol. The Bertz CT molecular complexity index is 298. The first kappa shape index (κ1) is 10.6. The number of rotatable bonds is 6. The third-order valence-corrected chi connectivity index (χ3v) is 1.64. The van der Waals surface area contributed by atoms with Crippen molar-refractivity contribution in [1.82, 2.24) is 9.78 Å². The molecule has 6 heteroatoms. The molecule has 1 aromatic rings. The van der Waals surface area contributed by atoms with Gasteiger partial charge in [0.25, 0.3) is 0 Å². The molecule has 0 bridgehead atoms. The van der Waals surface area contributed by atoms with E-state index in [-0.39, 0.29) is 5.69 Å². The largest absolute Gasteiger partial charge is 0.380 e. The van der Waals surface area contributed by atoms with Crippen LogP contribution in [0.2, 0.25) is 0 Å². The van der Waals surface area contributed by atoms with Crippen LogP contribution in [0.25, 0.3) is 0 Å². The summed E-state index contributed by atoms with van der Waals surface area (Å²) in [5.74, 6) is 0. The molecule has 0 aliphatic rings. The van der Waals surface area contributed by atoms with Crippen LogP contribution in [0.4, 0.5) is 5.69 Å². The molecule has 0 unspecified atom stereocenters. The maximum Gasteiger partial charge on any atom is 0.306 e. The summed E-state index contributed by atoms with van der Waals surface area (Å²) in [7, 11) is 0. The lowest BCUT2D eigenvalue weighted by atomic mass is 10.5. The van der Waals surface area contributed by atoms with Crippen LogP contribution in [-0.4, -0.2) is 27.9 Å². The highest BCUT2D eigenvalue weighted by atomic mass is 16.6. The number of nitrogens with zero attached hydrogens (tertiary/aromatic N) is 3. The molecule has 0 fully saturated rings. The summed E-state index contributed by atoms with van der Waals surface area (Å²) in [5.41, 5.74) is 0.0143.